The maximum Gasteiger partial charge on any atom is 0.305 e. The summed E-state index contributed by atoms with van der Waals surface area (Å²) in [6, 6.07) is 4.35. The van der Waals surface area contributed by atoms with Gasteiger partial charge in [-0.1, -0.05) is 6.07 Å². The largest absolute Gasteiger partial charge is 0.481 e. The van der Waals surface area contributed by atoms with Gasteiger partial charge in [-0.25, -0.2) is 0 Å². The number of nitrogens with zero attached hydrogens (tertiary/aromatic N) is 1. The van der Waals surface area contributed by atoms with Gasteiger partial charge in [-0.3, -0.25) is 14.4 Å². The van der Waals surface area contributed by atoms with Crippen molar-refractivity contribution in [3.63, 3.8) is 0 Å². The van der Waals surface area contributed by atoms with Gasteiger partial charge in [0.2, 0.25) is 5.91 Å². The van der Waals surface area contributed by atoms with Crippen molar-refractivity contribution in [2.75, 3.05) is 0 Å². The highest BCUT2D eigenvalue weighted by Crippen LogP contribution is 1.93. The van der Waals surface area contributed by atoms with E-state index in [-0.39, 0.29) is 30.9 Å². The maximum absolute atomic E-state index is 11.5. The van der Waals surface area contributed by atoms with Crippen LogP contribution in [0.5, 0.6) is 0 Å². The number of nitrogens with one attached hydrogen (secondary N) is 1. The van der Waals surface area contributed by atoms with Gasteiger partial charge in [-0.2, -0.15) is 0 Å². The fourth-order valence-electron chi connectivity index (χ4n) is 1.53. The van der Waals surface area contributed by atoms with E-state index >= 15 is 0 Å². The fraction of sp³-hybridized carbons (Fsp3) is 0.417. The molecule has 0 bridgehead atoms. The number of hydrogen-bond acceptors (Lipinski definition) is 3. The van der Waals surface area contributed by atoms with Crippen molar-refractivity contribution in [3.8, 4) is 0 Å². The molecular formula is C12H16N2O4. The van der Waals surface area contributed by atoms with Gasteiger partial charge in [0.05, 0.1) is 6.42 Å². The van der Waals surface area contributed by atoms with E-state index in [1.807, 2.05) is 0 Å². The maximum atomic E-state index is 11.5. The first-order valence-electron chi connectivity index (χ1n) is 5.65. The molecule has 18 heavy (non-hydrogen) atoms. The van der Waals surface area contributed by atoms with Gasteiger partial charge in [0.25, 0.3) is 5.56 Å². The first-order valence-corrected chi connectivity index (χ1v) is 5.65. The molecule has 1 atom stereocenters. The lowest BCUT2D eigenvalue weighted by Gasteiger charge is -2.11. The number of aromatic nitrogens is 1. The van der Waals surface area contributed by atoms with Crippen molar-refractivity contribution in [3.05, 3.63) is 34.7 Å². The summed E-state index contributed by atoms with van der Waals surface area (Å²) in [7, 11) is 0. The summed E-state index contributed by atoms with van der Waals surface area (Å²) in [5, 5.41) is 11.1. The topological polar surface area (TPSA) is 88.4 Å². The molecule has 0 saturated heterocycles. The number of pyridine rings is 1. The molecule has 1 amide bonds. The lowest BCUT2D eigenvalue weighted by atomic mass is 10.2. The van der Waals surface area contributed by atoms with Crippen LogP contribution in [0.15, 0.2) is 29.2 Å². The summed E-state index contributed by atoms with van der Waals surface area (Å²) in [5.41, 5.74) is -0.163. The van der Waals surface area contributed by atoms with E-state index in [2.05, 4.69) is 5.32 Å². The molecule has 6 heteroatoms. The third kappa shape index (κ3) is 4.82. The van der Waals surface area contributed by atoms with Crippen LogP contribution in [0.4, 0.5) is 0 Å². The van der Waals surface area contributed by atoms with Crippen LogP contribution in [-0.4, -0.2) is 27.6 Å². The number of carbonyl (C=O) groups excluding carboxylic acids is 1. The van der Waals surface area contributed by atoms with Crippen molar-refractivity contribution >= 4 is 11.9 Å². The predicted octanol–water partition coefficient (Wildman–Crippen LogP) is 0.218. The highest BCUT2D eigenvalue weighted by molar-refractivity contribution is 5.77. The van der Waals surface area contributed by atoms with Crippen molar-refractivity contribution in [2.45, 2.75) is 32.4 Å². The Hall–Kier alpha value is -2.11. The molecule has 0 fully saturated rings. The van der Waals surface area contributed by atoms with Gasteiger partial charge in [-0.15, -0.1) is 0 Å². The first-order chi connectivity index (χ1) is 8.49. The average Bonchev–Trinajstić information content (AvgIpc) is 2.26. The zero-order valence-corrected chi connectivity index (χ0v) is 10.1. The molecule has 2 N–H and O–H groups in total. The van der Waals surface area contributed by atoms with Crippen molar-refractivity contribution in [1.29, 1.82) is 0 Å². The zero-order valence-electron chi connectivity index (χ0n) is 10.1. The van der Waals surface area contributed by atoms with E-state index in [1.165, 1.54) is 10.6 Å². The molecule has 1 aromatic heterocycles. The third-order valence-electron chi connectivity index (χ3n) is 2.37. The quantitative estimate of drug-likeness (QED) is 0.758. The van der Waals surface area contributed by atoms with Crippen LogP contribution in [0.1, 0.15) is 19.8 Å². The summed E-state index contributed by atoms with van der Waals surface area (Å²) in [4.78, 5) is 33.3. The minimum absolute atomic E-state index is 0.114. The summed E-state index contributed by atoms with van der Waals surface area (Å²) >= 11 is 0. The smallest absolute Gasteiger partial charge is 0.305 e. The molecule has 0 aromatic carbocycles. The lowest BCUT2D eigenvalue weighted by Crippen LogP contribution is -2.35. The Morgan fingerprint density at radius 2 is 2.17 bits per heavy atom. The molecule has 98 valence electrons. The normalized spacial score (nSPS) is 11.8. The molecule has 1 rings (SSSR count). The first kappa shape index (κ1) is 14.0. The number of carboxylic acids is 1. The third-order valence-corrected chi connectivity index (χ3v) is 2.37. The average molecular weight is 252 g/mol. The van der Waals surface area contributed by atoms with E-state index in [0.717, 1.165) is 0 Å². The zero-order chi connectivity index (χ0) is 13.5. The van der Waals surface area contributed by atoms with Crippen molar-refractivity contribution in [1.82, 2.24) is 9.88 Å². The van der Waals surface area contributed by atoms with E-state index in [9.17, 15) is 14.4 Å². The summed E-state index contributed by atoms with van der Waals surface area (Å²) in [6.45, 7) is 1.91. The van der Waals surface area contributed by atoms with E-state index in [4.69, 9.17) is 5.11 Å². The Bertz CT molecular complexity index is 481. The molecule has 0 aliphatic carbocycles. The van der Waals surface area contributed by atoms with E-state index < -0.39 is 12.0 Å². The number of amides is 1. The second-order valence-corrected chi connectivity index (χ2v) is 4.05. The Balaban J connectivity index is 2.40. The van der Waals surface area contributed by atoms with Crippen LogP contribution >= 0.6 is 0 Å². The molecule has 0 aliphatic heterocycles. The predicted molar refractivity (Wildman–Crippen MR) is 65.2 cm³/mol. The van der Waals surface area contributed by atoms with Crippen LogP contribution in [0.25, 0.3) is 0 Å². The van der Waals surface area contributed by atoms with E-state index in [0.29, 0.717) is 0 Å². The van der Waals surface area contributed by atoms with Gasteiger partial charge >= 0.3 is 5.97 Å². The monoisotopic (exact) mass is 252 g/mol. The highest BCUT2D eigenvalue weighted by atomic mass is 16.4. The summed E-state index contributed by atoms with van der Waals surface area (Å²) < 4.78 is 1.43. The molecule has 0 saturated carbocycles. The molecule has 1 heterocycles. The Labute approximate surface area is 104 Å². The number of rotatable bonds is 6. The van der Waals surface area contributed by atoms with Crippen molar-refractivity contribution < 1.29 is 14.7 Å². The van der Waals surface area contributed by atoms with Crippen LogP contribution < -0.4 is 10.9 Å². The molecule has 0 aliphatic rings. The van der Waals surface area contributed by atoms with Gasteiger partial charge in [0.1, 0.15) is 0 Å². The Morgan fingerprint density at radius 1 is 1.44 bits per heavy atom. The number of aliphatic carboxylic acids is 1. The number of carbonyl (C=O) groups is 2. The van der Waals surface area contributed by atoms with Crippen LogP contribution in [-0.2, 0) is 16.1 Å². The number of aryl methyl sites for hydroxylation is 1. The molecular weight excluding hydrogens is 236 g/mol. The fourth-order valence-corrected chi connectivity index (χ4v) is 1.53. The lowest BCUT2D eigenvalue weighted by molar-refractivity contribution is -0.137. The Morgan fingerprint density at radius 3 is 2.78 bits per heavy atom. The molecule has 1 unspecified atom stereocenters. The second kappa shape index (κ2) is 6.58. The SMILES string of the molecule is CC(CC(=O)O)NC(=O)CCn1ccccc1=O. The standard InChI is InChI=1S/C12H16N2O4/c1-9(8-12(17)18)13-10(15)5-7-14-6-3-2-4-11(14)16/h2-4,6,9H,5,7-8H2,1H3,(H,13,15)(H,17,18). The van der Waals surface area contributed by atoms with E-state index in [1.54, 1.807) is 25.3 Å². The molecule has 6 nitrogen and oxygen atoms in total. The number of carboxylic acid groups (broad SMARTS) is 1. The van der Waals surface area contributed by atoms with Crippen molar-refractivity contribution in [2.24, 2.45) is 0 Å². The molecule has 1 aromatic rings. The van der Waals surface area contributed by atoms with Gasteiger partial charge in [0.15, 0.2) is 0 Å². The van der Waals surface area contributed by atoms with Crippen LogP contribution in [0.2, 0.25) is 0 Å². The molecule has 0 radical (unpaired) electrons. The molecule has 0 spiro atoms. The highest BCUT2D eigenvalue weighted by Gasteiger charge is 2.10. The summed E-state index contributed by atoms with van der Waals surface area (Å²) in [6.07, 6.45) is 1.64. The van der Waals surface area contributed by atoms with Gasteiger partial charge in [-0.05, 0) is 13.0 Å². The summed E-state index contributed by atoms with van der Waals surface area (Å²) in [5.74, 6) is -1.22. The van der Waals surface area contributed by atoms with Crippen LogP contribution in [0.3, 0.4) is 0 Å². The van der Waals surface area contributed by atoms with Crippen LogP contribution in [0, 0.1) is 0 Å². The van der Waals surface area contributed by atoms with Gasteiger partial charge in [0, 0.05) is 31.3 Å². The number of hydrogen-bond donors (Lipinski definition) is 2. The minimum atomic E-state index is -0.956. The Kier molecular flexibility index (Phi) is 5.10. The minimum Gasteiger partial charge on any atom is -0.481 e. The van der Waals surface area contributed by atoms with Gasteiger partial charge < -0.3 is 15.0 Å². The second-order valence-electron chi connectivity index (χ2n) is 4.05.